The predicted molar refractivity (Wildman–Crippen MR) is 499 cm³/mol. The van der Waals surface area contributed by atoms with Crippen molar-refractivity contribution in [1.82, 2.24) is 79.8 Å². The van der Waals surface area contributed by atoms with Gasteiger partial charge in [0.1, 0.15) is 97.5 Å². The molecule has 0 heterocycles. The summed E-state index contributed by atoms with van der Waals surface area (Å²) in [6.07, 6.45) is -3.58. The molecule has 0 aliphatic heterocycles. The molecule has 12 atom stereocenters. The van der Waals surface area contributed by atoms with Gasteiger partial charge in [-0.25, -0.2) is 24.0 Å². The van der Waals surface area contributed by atoms with Crippen LogP contribution in [0.5, 0.6) is 0 Å². The minimum atomic E-state index is -1.74. The monoisotopic (exact) mass is 2030 g/mol. The van der Waals surface area contributed by atoms with Crippen LogP contribution >= 0.6 is 0 Å². The molecule has 794 valence electrons. The Morgan fingerprint density at radius 3 is 1.02 bits per heavy atom. The Kier molecular flexibility index (Phi) is 56.5. The molecule has 2 aromatic carbocycles. The lowest BCUT2D eigenvalue weighted by atomic mass is 9.98. The Balaban J connectivity index is 0.000000997. The smallest absolute Gasteiger partial charge is 0.407 e. The lowest BCUT2D eigenvalue weighted by molar-refractivity contribution is -0.149. The number of amides is 15. The van der Waals surface area contributed by atoms with Gasteiger partial charge in [0, 0.05) is 46.1 Å². The third-order valence-corrected chi connectivity index (χ3v) is 19.9. The highest BCUT2D eigenvalue weighted by molar-refractivity contribution is 6.01. The summed E-state index contributed by atoms with van der Waals surface area (Å²) in [5, 5.41) is 35.3. The summed E-state index contributed by atoms with van der Waals surface area (Å²) in [5.74, 6) is -19.4. The molecule has 17 N–H and O–H groups in total. The highest BCUT2D eigenvalue weighted by Crippen LogP contribution is 2.44. The van der Waals surface area contributed by atoms with Gasteiger partial charge in [-0.1, -0.05) is 73.8 Å². The SMILES string of the molecule is C=CCOC(=O)C(CCC(=O)OC)NC(=O)C(COC)NC(=O)CNC(=O)C(CC(=O)OC)NC(=O)C(C)NC(=O)C(CC(=O)OC)NC(=O)C(CCCNC(=O)OC(C)(C)C)NC(=O)OCC1c2ccccc2-c2ccccc21.C=CCOC(=O)C(CCC(=O)OC)NC(=O)C(COC)NC(=O)CNC(=O)C(CC(=O)OC)NC(=O)C(C)NC(=O)C(CC(=O)OC)NC(=O)C(N)CCCNC(=O)OC(C)(C)C. The first-order valence-corrected chi connectivity index (χ1v) is 44.8. The van der Waals surface area contributed by atoms with Crippen LogP contribution in [-0.4, -0.2) is 337 Å². The van der Waals surface area contributed by atoms with E-state index in [9.17, 15) is 110 Å². The van der Waals surface area contributed by atoms with Gasteiger partial charge in [-0.15, -0.1) is 0 Å². The number of nitrogens with one attached hydrogen (secondary N) is 15. The van der Waals surface area contributed by atoms with Gasteiger partial charge < -0.3 is 147 Å². The fraction of sp³-hybridized carbons (Fsp3) is 0.571. The molecule has 15 amide bonds. The Labute approximate surface area is 825 Å². The van der Waals surface area contributed by atoms with Crippen LogP contribution in [0.3, 0.4) is 0 Å². The van der Waals surface area contributed by atoms with E-state index in [1.54, 1.807) is 41.5 Å². The van der Waals surface area contributed by atoms with E-state index in [2.05, 4.69) is 117 Å². The van der Waals surface area contributed by atoms with Gasteiger partial charge in [0.15, 0.2) is 0 Å². The number of methoxy groups -OCH3 is 8. The molecule has 0 saturated heterocycles. The molecule has 2 aromatic rings. The number of carbonyl (C=O) groups excluding carboxylic acids is 23. The molecular formula is C91H134N16O36. The first-order valence-electron chi connectivity index (χ1n) is 44.8. The van der Waals surface area contributed by atoms with Crippen LogP contribution in [0.1, 0.15) is 149 Å². The van der Waals surface area contributed by atoms with Gasteiger partial charge in [-0.05, 0) is 116 Å². The molecule has 0 aromatic heterocycles. The molecule has 0 saturated carbocycles. The van der Waals surface area contributed by atoms with Gasteiger partial charge in [0.05, 0.1) is 101 Å². The number of nitrogens with two attached hydrogens (primary N) is 1. The summed E-state index contributed by atoms with van der Waals surface area (Å²) < 4.78 is 63.9. The van der Waals surface area contributed by atoms with Crippen molar-refractivity contribution < 1.29 is 172 Å². The molecule has 143 heavy (non-hydrogen) atoms. The second-order valence-electron chi connectivity index (χ2n) is 33.4. The van der Waals surface area contributed by atoms with Crippen molar-refractivity contribution in [3.63, 3.8) is 0 Å². The Morgan fingerprint density at radius 2 is 0.671 bits per heavy atom. The number of hydrogen-bond donors (Lipinski definition) is 16. The summed E-state index contributed by atoms with van der Waals surface area (Å²) in [6.45, 7) is 16.4. The van der Waals surface area contributed by atoms with E-state index in [1.807, 2.05) is 48.5 Å². The van der Waals surface area contributed by atoms with Crippen LogP contribution in [-0.2, 0) is 157 Å². The van der Waals surface area contributed by atoms with E-state index in [1.165, 1.54) is 40.2 Å². The largest absolute Gasteiger partial charge is 0.469 e. The van der Waals surface area contributed by atoms with Crippen LogP contribution in [0.4, 0.5) is 14.4 Å². The number of alkyl carbamates (subject to hydrolysis) is 3. The second-order valence-corrected chi connectivity index (χ2v) is 33.4. The summed E-state index contributed by atoms with van der Waals surface area (Å²) in [6, 6.07) is -2.68. The normalized spacial score (nSPS) is 13.6. The Morgan fingerprint density at radius 1 is 0.350 bits per heavy atom. The van der Waals surface area contributed by atoms with Gasteiger partial charge in [0.25, 0.3) is 0 Å². The van der Waals surface area contributed by atoms with Crippen molar-refractivity contribution in [1.29, 1.82) is 0 Å². The zero-order chi connectivity index (χ0) is 108. The summed E-state index contributed by atoms with van der Waals surface area (Å²) in [7, 11) is 8.78. The minimum Gasteiger partial charge on any atom is -0.469 e. The van der Waals surface area contributed by atoms with E-state index in [-0.39, 0.29) is 90.2 Å². The van der Waals surface area contributed by atoms with Crippen molar-refractivity contribution in [3.8, 4) is 11.1 Å². The molecule has 0 bridgehead atoms. The lowest BCUT2D eigenvalue weighted by Gasteiger charge is -2.25. The second kappa shape index (κ2) is 65.1. The molecule has 52 nitrogen and oxygen atoms in total. The highest BCUT2D eigenvalue weighted by Gasteiger charge is 2.39. The summed E-state index contributed by atoms with van der Waals surface area (Å²) in [5.41, 5.74) is 8.25. The van der Waals surface area contributed by atoms with Crippen molar-refractivity contribution in [2.24, 2.45) is 5.73 Å². The number of esters is 8. The van der Waals surface area contributed by atoms with Crippen LogP contribution in [0, 0.1) is 0 Å². The summed E-state index contributed by atoms with van der Waals surface area (Å²) >= 11 is 0. The van der Waals surface area contributed by atoms with Gasteiger partial charge in [0.2, 0.25) is 70.9 Å². The van der Waals surface area contributed by atoms with Crippen LogP contribution in [0.2, 0.25) is 0 Å². The van der Waals surface area contributed by atoms with Crippen molar-refractivity contribution in [3.05, 3.63) is 85.0 Å². The average molecular weight is 2030 g/mol. The van der Waals surface area contributed by atoms with Crippen molar-refractivity contribution in [2.75, 3.05) is 116 Å². The first-order chi connectivity index (χ1) is 67.5. The van der Waals surface area contributed by atoms with E-state index in [0.29, 0.717) is 0 Å². The molecule has 3 rings (SSSR count). The Bertz CT molecular complexity index is 4690. The number of hydrogen-bond acceptors (Lipinski definition) is 37. The third kappa shape index (κ3) is 48.6. The third-order valence-electron chi connectivity index (χ3n) is 19.9. The van der Waals surface area contributed by atoms with Crippen molar-refractivity contribution in [2.45, 2.75) is 222 Å². The highest BCUT2D eigenvalue weighted by atomic mass is 16.6. The zero-order valence-corrected chi connectivity index (χ0v) is 82.8. The van der Waals surface area contributed by atoms with E-state index in [0.717, 1.165) is 64.9 Å². The van der Waals surface area contributed by atoms with Gasteiger partial charge >= 0.3 is 66.0 Å². The molecular weight excluding hydrogens is 1890 g/mol. The lowest BCUT2D eigenvalue weighted by Crippen LogP contribution is -2.58. The number of ether oxygens (including phenoxy) is 13. The molecule has 0 radical (unpaired) electrons. The predicted octanol–water partition coefficient (Wildman–Crippen LogP) is -3.15. The maximum absolute atomic E-state index is 14.0. The fourth-order valence-corrected chi connectivity index (χ4v) is 12.6. The van der Waals surface area contributed by atoms with Gasteiger partial charge in [-0.2, -0.15) is 0 Å². The molecule has 1 aliphatic carbocycles. The number of carbonyl (C=O) groups is 23. The standard InChI is InChI=1S/C53H72N8O19.C38H62N8O17/c1-10-24-78-50(71)37(21-22-42(63)75-7)58-49(70)40(29-74-6)57-41(62)27-55-46(67)38(25-43(64)76-8)59-45(66)30(2)56-48(69)39(26-44(65)77-9)60-47(68)36(20-15-23-54-51(72)80-53(3,4)5)61-52(73)79-28-35-33-18-13-11-16-31(33)32-17-12-14-19-34(32)35;1-10-16-62-36(56)23(13-14-28(48)59-7)44-35(55)26(20-58-6)43-27(47)19-41-33(53)24(17-29(49)60-8)45-31(51)21(2)42-34(54)25(18-30(50)61-9)46-32(52)22(39)12-11-15-40-37(57)63-38(3,4)5/h10-14,16-19,30,35-40H,1,15,20-29H2,2-9H3,(H,54,72)(H,55,67)(H,56,69)(H,57,62)(H,58,70)(H,59,66)(H,60,68)(H,61,73);10,21-26H,1,11-20,39H2,2-9H3,(H,40,57)(H,41,53)(H,42,54)(H,43,47)(H,44,55)(H,45,51)(H,46,52). The van der Waals surface area contributed by atoms with E-state index >= 15 is 0 Å². The number of fused-ring (bicyclic) bond motifs is 3. The molecule has 52 heteroatoms. The van der Waals surface area contributed by atoms with E-state index < -0.39 is 273 Å². The van der Waals surface area contributed by atoms with Crippen LogP contribution in [0.25, 0.3) is 11.1 Å². The molecule has 12 unspecified atom stereocenters. The topological polar surface area (TPSA) is 719 Å². The first kappa shape index (κ1) is 124. The maximum Gasteiger partial charge on any atom is 0.407 e. The fourth-order valence-electron chi connectivity index (χ4n) is 12.6. The zero-order valence-electron chi connectivity index (χ0n) is 82.8. The molecule has 0 fully saturated rings. The van der Waals surface area contributed by atoms with Gasteiger partial charge in [-0.3, -0.25) is 86.3 Å². The average Bonchev–Trinajstić information content (AvgIpc) is 1.61. The van der Waals surface area contributed by atoms with Crippen LogP contribution < -0.4 is 85.5 Å². The quantitative estimate of drug-likeness (QED) is 0.0135. The van der Waals surface area contributed by atoms with Crippen LogP contribution in [0.15, 0.2) is 73.8 Å². The molecule has 0 spiro atoms. The summed E-state index contributed by atoms with van der Waals surface area (Å²) in [4.78, 5) is 295. The number of benzene rings is 2. The number of rotatable bonds is 59. The molecule has 1 aliphatic rings. The minimum absolute atomic E-state index is 0.0144. The Hall–Kier alpha value is -15.0. The maximum atomic E-state index is 14.0. The van der Waals surface area contributed by atoms with Crippen molar-refractivity contribution >= 4 is 137 Å². The van der Waals surface area contributed by atoms with E-state index in [4.69, 9.17) is 43.6 Å².